The van der Waals surface area contributed by atoms with Crippen LogP contribution < -0.4 is 4.74 Å². The summed E-state index contributed by atoms with van der Waals surface area (Å²) in [4.78, 5) is 16.3. The number of halogens is 1. The van der Waals surface area contributed by atoms with Crippen LogP contribution in [0.25, 0.3) is 6.08 Å². The standard InChI is InChI=1S/C19H14BrNO3/c1-2-11-23-14-9-7-13(8-10-14)12-17-19(22)24-18(21-17)15-5-3-4-6-16(15)20/h2-10,12H,1,11H2/b17-12+. The average Bonchev–Trinajstić information content (AvgIpc) is 2.95. The Labute approximate surface area is 148 Å². The Morgan fingerprint density at radius 1 is 1.17 bits per heavy atom. The number of cyclic esters (lactones) is 1. The average molecular weight is 384 g/mol. The van der Waals surface area contributed by atoms with Crippen molar-refractivity contribution in [2.75, 3.05) is 6.61 Å². The lowest BCUT2D eigenvalue weighted by molar-refractivity contribution is -0.129. The SMILES string of the molecule is C=CCOc1ccc(/C=C2/N=C(c3ccccc3Br)OC2=O)cc1. The monoisotopic (exact) mass is 383 g/mol. The lowest BCUT2D eigenvalue weighted by Gasteiger charge is -2.02. The molecule has 0 atom stereocenters. The van der Waals surface area contributed by atoms with Crippen molar-refractivity contribution in [1.82, 2.24) is 0 Å². The van der Waals surface area contributed by atoms with Gasteiger partial charge in [0, 0.05) is 4.47 Å². The van der Waals surface area contributed by atoms with Gasteiger partial charge in [-0.25, -0.2) is 9.79 Å². The first-order valence-corrected chi connectivity index (χ1v) is 8.08. The summed E-state index contributed by atoms with van der Waals surface area (Å²) in [6.07, 6.45) is 3.37. The van der Waals surface area contributed by atoms with Crippen molar-refractivity contribution in [3.63, 3.8) is 0 Å². The molecule has 0 saturated carbocycles. The number of ether oxygens (including phenoxy) is 2. The Morgan fingerprint density at radius 2 is 1.92 bits per heavy atom. The van der Waals surface area contributed by atoms with Crippen LogP contribution in [0.3, 0.4) is 0 Å². The highest BCUT2D eigenvalue weighted by atomic mass is 79.9. The predicted molar refractivity (Wildman–Crippen MR) is 96.9 cm³/mol. The van der Waals surface area contributed by atoms with Gasteiger partial charge in [0.25, 0.3) is 0 Å². The third-order valence-corrected chi connectivity index (χ3v) is 3.97. The van der Waals surface area contributed by atoms with Crippen LogP contribution in [0.1, 0.15) is 11.1 Å². The summed E-state index contributed by atoms with van der Waals surface area (Å²) in [7, 11) is 0. The fraction of sp³-hybridized carbons (Fsp3) is 0.0526. The van der Waals surface area contributed by atoms with E-state index in [0.717, 1.165) is 21.3 Å². The van der Waals surface area contributed by atoms with Gasteiger partial charge in [0.15, 0.2) is 5.70 Å². The molecule has 1 aliphatic heterocycles. The van der Waals surface area contributed by atoms with Crippen molar-refractivity contribution in [2.45, 2.75) is 0 Å². The number of carbonyl (C=O) groups is 1. The molecule has 0 amide bonds. The van der Waals surface area contributed by atoms with Crippen molar-refractivity contribution >= 4 is 33.9 Å². The molecule has 3 rings (SSSR count). The fourth-order valence-corrected chi connectivity index (χ4v) is 2.59. The van der Waals surface area contributed by atoms with Gasteiger partial charge < -0.3 is 9.47 Å². The molecule has 1 heterocycles. The molecule has 120 valence electrons. The van der Waals surface area contributed by atoms with E-state index < -0.39 is 5.97 Å². The molecule has 24 heavy (non-hydrogen) atoms. The summed E-state index contributed by atoms with van der Waals surface area (Å²) in [6.45, 7) is 4.06. The smallest absolute Gasteiger partial charge is 0.363 e. The van der Waals surface area contributed by atoms with E-state index in [1.165, 1.54) is 0 Å². The number of benzene rings is 2. The summed E-state index contributed by atoms with van der Waals surface area (Å²) in [5, 5.41) is 0. The minimum absolute atomic E-state index is 0.264. The van der Waals surface area contributed by atoms with E-state index in [1.807, 2.05) is 48.5 Å². The van der Waals surface area contributed by atoms with Gasteiger partial charge in [-0.2, -0.15) is 0 Å². The number of rotatable bonds is 5. The molecule has 0 bridgehead atoms. The van der Waals surface area contributed by atoms with Gasteiger partial charge >= 0.3 is 5.97 Å². The van der Waals surface area contributed by atoms with Crippen LogP contribution in [-0.4, -0.2) is 18.5 Å². The highest BCUT2D eigenvalue weighted by Gasteiger charge is 2.25. The molecule has 1 aliphatic rings. The number of nitrogens with zero attached hydrogens (tertiary/aromatic N) is 1. The van der Waals surface area contributed by atoms with Crippen molar-refractivity contribution in [3.05, 3.63) is 82.5 Å². The molecule has 0 saturated heterocycles. The van der Waals surface area contributed by atoms with Crippen LogP contribution in [0.15, 0.2) is 76.3 Å². The largest absolute Gasteiger partial charge is 0.490 e. The van der Waals surface area contributed by atoms with Gasteiger partial charge in [-0.15, -0.1) is 0 Å². The summed E-state index contributed by atoms with van der Waals surface area (Å²) >= 11 is 3.43. The van der Waals surface area contributed by atoms with Gasteiger partial charge in [0.2, 0.25) is 5.90 Å². The normalized spacial score (nSPS) is 15.1. The molecule has 0 N–H and O–H groups in total. The van der Waals surface area contributed by atoms with E-state index in [1.54, 1.807) is 12.2 Å². The Hall–Kier alpha value is -2.66. The summed E-state index contributed by atoms with van der Waals surface area (Å²) < 4.78 is 11.5. The molecule has 0 unspecified atom stereocenters. The number of esters is 1. The molecule has 2 aromatic carbocycles. The summed E-state index contributed by atoms with van der Waals surface area (Å²) in [5.74, 6) is 0.570. The van der Waals surface area contributed by atoms with Crippen LogP contribution in [-0.2, 0) is 9.53 Å². The zero-order valence-corrected chi connectivity index (χ0v) is 14.3. The van der Waals surface area contributed by atoms with Gasteiger partial charge in [0.05, 0.1) is 5.56 Å². The number of hydrogen-bond donors (Lipinski definition) is 0. The van der Waals surface area contributed by atoms with Crippen LogP contribution in [0.4, 0.5) is 0 Å². The van der Waals surface area contributed by atoms with Crippen molar-refractivity contribution in [2.24, 2.45) is 4.99 Å². The topological polar surface area (TPSA) is 47.9 Å². The highest BCUT2D eigenvalue weighted by Crippen LogP contribution is 2.24. The van der Waals surface area contributed by atoms with E-state index in [-0.39, 0.29) is 5.70 Å². The fourth-order valence-electron chi connectivity index (χ4n) is 2.13. The number of carbonyl (C=O) groups excluding carboxylic acids is 1. The first-order chi connectivity index (χ1) is 11.7. The second-order valence-corrected chi connectivity index (χ2v) is 5.84. The van der Waals surface area contributed by atoms with Crippen molar-refractivity contribution in [1.29, 1.82) is 0 Å². The molecular formula is C19H14BrNO3. The van der Waals surface area contributed by atoms with Crippen LogP contribution >= 0.6 is 15.9 Å². The van der Waals surface area contributed by atoms with E-state index >= 15 is 0 Å². The Kier molecular flexibility index (Phi) is 4.91. The zero-order chi connectivity index (χ0) is 16.9. The molecule has 0 aromatic heterocycles. The Bertz CT molecular complexity index is 838. The van der Waals surface area contributed by atoms with Gasteiger partial charge in [-0.1, -0.05) is 36.9 Å². The zero-order valence-electron chi connectivity index (χ0n) is 12.7. The summed E-state index contributed by atoms with van der Waals surface area (Å²) in [6, 6.07) is 14.8. The highest BCUT2D eigenvalue weighted by molar-refractivity contribution is 9.10. The second-order valence-electron chi connectivity index (χ2n) is 4.98. The van der Waals surface area contributed by atoms with E-state index in [9.17, 15) is 4.79 Å². The van der Waals surface area contributed by atoms with Gasteiger partial charge in [-0.3, -0.25) is 0 Å². The summed E-state index contributed by atoms with van der Waals surface area (Å²) in [5.41, 5.74) is 1.84. The maximum atomic E-state index is 12.0. The molecule has 5 heteroatoms. The van der Waals surface area contributed by atoms with E-state index in [4.69, 9.17) is 9.47 Å². The molecule has 2 aromatic rings. The molecule has 0 fully saturated rings. The van der Waals surface area contributed by atoms with Crippen molar-refractivity contribution in [3.8, 4) is 5.75 Å². The molecular weight excluding hydrogens is 370 g/mol. The second kappa shape index (κ2) is 7.27. The van der Waals surface area contributed by atoms with Crippen molar-refractivity contribution < 1.29 is 14.3 Å². The maximum absolute atomic E-state index is 12.0. The van der Waals surface area contributed by atoms with Gasteiger partial charge in [0.1, 0.15) is 12.4 Å². The first kappa shape index (κ1) is 16.2. The maximum Gasteiger partial charge on any atom is 0.363 e. The minimum atomic E-state index is -0.465. The quantitative estimate of drug-likeness (QED) is 0.437. The molecule has 0 spiro atoms. The molecule has 0 aliphatic carbocycles. The number of hydrogen-bond acceptors (Lipinski definition) is 4. The van der Waals surface area contributed by atoms with Crippen LogP contribution in [0.2, 0.25) is 0 Å². The minimum Gasteiger partial charge on any atom is -0.490 e. The number of aliphatic imine (C=N–C) groups is 1. The predicted octanol–water partition coefficient (Wildman–Crippen LogP) is 4.36. The van der Waals surface area contributed by atoms with Crippen LogP contribution in [0, 0.1) is 0 Å². The third-order valence-electron chi connectivity index (χ3n) is 3.28. The molecule has 4 nitrogen and oxygen atoms in total. The third kappa shape index (κ3) is 3.63. The van der Waals surface area contributed by atoms with E-state index in [2.05, 4.69) is 27.5 Å². The first-order valence-electron chi connectivity index (χ1n) is 7.28. The molecule has 0 radical (unpaired) electrons. The Morgan fingerprint density at radius 3 is 2.62 bits per heavy atom. The van der Waals surface area contributed by atoms with Gasteiger partial charge in [-0.05, 0) is 51.8 Å². The lowest BCUT2D eigenvalue weighted by atomic mass is 10.2. The van der Waals surface area contributed by atoms with E-state index in [0.29, 0.717) is 12.5 Å². The lowest BCUT2D eigenvalue weighted by Crippen LogP contribution is -2.05. The Balaban J connectivity index is 1.83. The van der Waals surface area contributed by atoms with Crippen LogP contribution in [0.5, 0.6) is 5.75 Å².